The Morgan fingerprint density at radius 3 is 2.83 bits per heavy atom. The van der Waals surface area contributed by atoms with E-state index in [2.05, 4.69) is 15.3 Å². The Kier molecular flexibility index (Phi) is 4.02. The fraction of sp³-hybridized carbons (Fsp3) is 0.412. The van der Waals surface area contributed by atoms with Crippen molar-refractivity contribution >= 4 is 22.9 Å². The molecule has 124 valence electrons. The first kappa shape index (κ1) is 15.3. The van der Waals surface area contributed by atoms with E-state index >= 15 is 0 Å². The Bertz CT molecular complexity index is 851. The number of hydrogen-bond donors (Lipinski definition) is 0. The van der Waals surface area contributed by atoms with Gasteiger partial charge in [-0.05, 0) is 36.4 Å². The number of aromatic nitrogens is 4. The van der Waals surface area contributed by atoms with E-state index in [4.69, 9.17) is 0 Å². The lowest BCUT2D eigenvalue weighted by Gasteiger charge is -2.20. The first-order chi connectivity index (χ1) is 11.7. The van der Waals surface area contributed by atoms with Crippen molar-refractivity contribution in [2.45, 2.75) is 26.2 Å². The minimum Gasteiger partial charge on any atom is -0.342 e. The maximum absolute atomic E-state index is 12.5. The molecular weight excluding hydrogens is 322 g/mol. The van der Waals surface area contributed by atoms with Gasteiger partial charge in [0.15, 0.2) is 11.5 Å². The van der Waals surface area contributed by atoms with Crippen LogP contribution in [0.3, 0.4) is 0 Å². The first-order valence-corrected chi connectivity index (χ1v) is 9.14. The van der Waals surface area contributed by atoms with Crippen LogP contribution in [0.1, 0.15) is 25.5 Å². The van der Waals surface area contributed by atoms with E-state index in [0.717, 1.165) is 48.0 Å². The fourth-order valence-electron chi connectivity index (χ4n) is 3.15. The molecule has 7 heteroatoms. The number of nitrogens with zero attached hydrogens (tertiary/aromatic N) is 5. The van der Waals surface area contributed by atoms with Crippen LogP contribution in [0.5, 0.6) is 0 Å². The van der Waals surface area contributed by atoms with Gasteiger partial charge in [-0.1, -0.05) is 13.0 Å². The third-order valence-electron chi connectivity index (χ3n) is 4.41. The van der Waals surface area contributed by atoms with E-state index in [1.807, 2.05) is 41.5 Å². The van der Waals surface area contributed by atoms with Gasteiger partial charge in [0.25, 0.3) is 0 Å². The molecule has 0 saturated carbocycles. The summed E-state index contributed by atoms with van der Waals surface area (Å²) in [4.78, 5) is 15.5. The third kappa shape index (κ3) is 2.80. The molecule has 0 N–H and O–H groups in total. The van der Waals surface area contributed by atoms with E-state index in [0.29, 0.717) is 6.42 Å². The van der Waals surface area contributed by atoms with Crippen LogP contribution in [0.25, 0.3) is 16.3 Å². The van der Waals surface area contributed by atoms with Gasteiger partial charge in [-0.3, -0.25) is 4.79 Å². The van der Waals surface area contributed by atoms with Crippen molar-refractivity contribution in [3.8, 4) is 10.7 Å². The van der Waals surface area contributed by atoms with Crippen molar-refractivity contribution in [2.75, 3.05) is 13.1 Å². The van der Waals surface area contributed by atoms with Crippen LogP contribution in [0.4, 0.5) is 0 Å². The van der Waals surface area contributed by atoms with Crippen LogP contribution in [-0.2, 0) is 11.2 Å². The Morgan fingerprint density at radius 2 is 2.08 bits per heavy atom. The quantitative estimate of drug-likeness (QED) is 0.732. The zero-order valence-electron chi connectivity index (χ0n) is 13.6. The van der Waals surface area contributed by atoms with Gasteiger partial charge in [0.1, 0.15) is 0 Å². The van der Waals surface area contributed by atoms with Crippen molar-refractivity contribution in [1.29, 1.82) is 0 Å². The molecule has 4 heterocycles. The van der Waals surface area contributed by atoms with E-state index in [9.17, 15) is 4.79 Å². The van der Waals surface area contributed by atoms with Gasteiger partial charge >= 0.3 is 0 Å². The lowest BCUT2D eigenvalue weighted by atomic mass is 10.0. The Balaban J connectivity index is 1.58. The molecule has 0 spiro atoms. The minimum absolute atomic E-state index is 0.0604. The molecule has 1 amide bonds. The summed E-state index contributed by atoms with van der Waals surface area (Å²) in [5.41, 5.74) is 1.61. The van der Waals surface area contributed by atoms with E-state index < -0.39 is 0 Å². The van der Waals surface area contributed by atoms with Crippen molar-refractivity contribution in [3.05, 3.63) is 35.3 Å². The predicted octanol–water partition coefficient (Wildman–Crippen LogP) is 2.65. The van der Waals surface area contributed by atoms with Gasteiger partial charge in [-0.25, -0.2) is 0 Å². The molecular formula is C17H19N5OS. The molecule has 1 aliphatic heterocycles. The van der Waals surface area contributed by atoms with E-state index in [1.165, 1.54) is 0 Å². The Hall–Kier alpha value is -2.28. The summed E-state index contributed by atoms with van der Waals surface area (Å²) in [6.07, 6.45) is 2.87. The summed E-state index contributed by atoms with van der Waals surface area (Å²) in [7, 11) is 0. The van der Waals surface area contributed by atoms with Crippen molar-refractivity contribution in [3.63, 3.8) is 0 Å². The van der Waals surface area contributed by atoms with Gasteiger partial charge in [-0.15, -0.1) is 21.5 Å². The van der Waals surface area contributed by atoms with Gasteiger partial charge in [0.2, 0.25) is 5.91 Å². The SMILES string of the molecule is CC(Cc1ccc2nnc(-c3cccs3)n2n1)C(=O)N1CCCC1. The monoisotopic (exact) mass is 341 g/mol. The van der Waals surface area contributed by atoms with Crippen molar-refractivity contribution < 1.29 is 4.79 Å². The highest BCUT2D eigenvalue weighted by molar-refractivity contribution is 7.13. The predicted molar refractivity (Wildman–Crippen MR) is 92.8 cm³/mol. The van der Waals surface area contributed by atoms with E-state index in [1.54, 1.807) is 15.9 Å². The molecule has 0 radical (unpaired) electrons. The summed E-state index contributed by atoms with van der Waals surface area (Å²) in [5.74, 6) is 0.923. The van der Waals surface area contributed by atoms with Crippen LogP contribution in [0, 0.1) is 5.92 Å². The number of amides is 1. The van der Waals surface area contributed by atoms with Gasteiger partial charge in [0.05, 0.1) is 10.6 Å². The van der Waals surface area contributed by atoms with Crippen LogP contribution < -0.4 is 0 Å². The lowest BCUT2D eigenvalue weighted by Crippen LogP contribution is -2.33. The molecule has 1 fully saturated rings. The second-order valence-corrected chi connectivity index (χ2v) is 7.18. The normalized spacial score (nSPS) is 16.0. The zero-order chi connectivity index (χ0) is 16.5. The molecule has 1 atom stereocenters. The highest BCUT2D eigenvalue weighted by Gasteiger charge is 2.24. The van der Waals surface area contributed by atoms with Crippen LogP contribution in [0.2, 0.25) is 0 Å². The van der Waals surface area contributed by atoms with E-state index in [-0.39, 0.29) is 11.8 Å². The highest BCUT2D eigenvalue weighted by Crippen LogP contribution is 2.23. The molecule has 24 heavy (non-hydrogen) atoms. The number of carbonyl (C=O) groups is 1. The van der Waals surface area contributed by atoms with Crippen molar-refractivity contribution in [2.24, 2.45) is 5.92 Å². The maximum Gasteiger partial charge on any atom is 0.225 e. The molecule has 0 aromatic carbocycles. The van der Waals surface area contributed by atoms with Gasteiger partial charge in [-0.2, -0.15) is 9.61 Å². The average Bonchev–Trinajstić information content (AvgIpc) is 3.33. The number of carbonyl (C=O) groups excluding carboxylic acids is 1. The molecule has 1 saturated heterocycles. The minimum atomic E-state index is -0.0604. The average molecular weight is 341 g/mol. The largest absolute Gasteiger partial charge is 0.342 e. The summed E-state index contributed by atoms with van der Waals surface area (Å²) < 4.78 is 1.77. The molecule has 4 rings (SSSR count). The molecule has 1 aliphatic rings. The molecule has 3 aromatic rings. The standard InChI is InChI=1S/C17H19N5OS/c1-12(17(23)21-8-2-3-9-21)11-13-6-7-15-18-19-16(22(15)20-13)14-5-4-10-24-14/h4-7,10,12H,2-3,8-9,11H2,1H3. The smallest absolute Gasteiger partial charge is 0.225 e. The number of rotatable bonds is 4. The Morgan fingerprint density at radius 1 is 1.25 bits per heavy atom. The van der Waals surface area contributed by atoms with Gasteiger partial charge < -0.3 is 4.90 Å². The first-order valence-electron chi connectivity index (χ1n) is 8.26. The molecule has 3 aromatic heterocycles. The number of fused-ring (bicyclic) bond motifs is 1. The molecule has 1 unspecified atom stereocenters. The third-order valence-corrected chi connectivity index (χ3v) is 5.28. The summed E-state index contributed by atoms with van der Waals surface area (Å²) in [6, 6.07) is 7.85. The van der Waals surface area contributed by atoms with Crippen LogP contribution in [-0.4, -0.2) is 43.7 Å². The number of hydrogen-bond acceptors (Lipinski definition) is 5. The lowest BCUT2D eigenvalue weighted by molar-refractivity contribution is -0.133. The highest BCUT2D eigenvalue weighted by atomic mass is 32.1. The second-order valence-electron chi connectivity index (χ2n) is 6.23. The van der Waals surface area contributed by atoms with Crippen molar-refractivity contribution in [1.82, 2.24) is 24.7 Å². The second kappa shape index (κ2) is 6.32. The summed E-state index contributed by atoms with van der Waals surface area (Å²) >= 11 is 1.61. The van der Waals surface area contributed by atoms with Crippen LogP contribution >= 0.6 is 11.3 Å². The topological polar surface area (TPSA) is 63.4 Å². The molecule has 0 bridgehead atoms. The fourth-order valence-corrected chi connectivity index (χ4v) is 3.84. The molecule has 0 aliphatic carbocycles. The maximum atomic E-state index is 12.5. The summed E-state index contributed by atoms with van der Waals surface area (Å²) in [6.45, 7) is 3.77. The van der Waals surface area contributed by atoms with Crippen LogP contribution in [0.15, 0.2) is 29.6 Å². The molecule has 6 nitrogen and oxygen atoms in total. The number of thiophene rings is 1. The Labute approximate surface area is 144 Å². The van der Waals surface area contributed by atoms with Gasteiger partial charge in [0, 0.05) is 25.4 Å². The summed E-state index contributed by atoms with van der Waals surface area (Å²) in [5, 5.41) is 15.1. The zero-order valence-corrected chi connectivity index (χ0v) is 14.4. The number of likely N-dealkylation sites (tertiary alicyclic amines) is 1.